The van der Waals surface area contributed by atoms with E-state index in [1.54, 1.807) is 0 Å². The van der Waals surface area contributed by atoms with Gasteiger partial charge in [-0.15, -0.1) is 0 Å². The number of ether oxygens (including phenoxy) is 1. The summed E-state index contributed by atoms with van der Waals surface area (Å²) in [6.45, 7) is 4.08. The molecule has 0 radical (unpaired) electrons. The van der Waals surface area contributed by atoms with E-state index in [1.165, 1.54) is 0 Å². The number of nitrogens with one attached hydrogen (secondary N) is 1. The smallest absolute Gasteiger partial charge is 0.320 e. The Kier molecular flexibility index (Phi) is 4.64. The van der Waals surface area contributed by atoms with Crippen LogP contribution in [0.3, 0.4) is 0 Å². The van der Waals surface area contributed by atoms with Gasteiger partial charge >= 0.3 is 5.97 Å². The molecule has 0 unspecified atom stereocenters. The maximum Gasteiger partial charge on any atom is 0.320 e. The molecule has 0 bridgehead atoms. The van der Waals surface area contributed by atoms with Gasteiger partial charge in [0.05, 0.1) is 0 Å². The highest BCUT2D eigenvalue weighted by molar-refractivity contribution is 5.74. The van der Waals surface area contributed by atoms with Gasteiger partial charge in [0.1, 0.15) is 18.4 Å². The summed E-state index contributed by atoms with van der Waals surface area (Å²) in [5, 5.41) is 12.9. The van der Waals surface area contributed by atoms with Crippen molar-refractivity contribution in [3.8, 4) is 5.75 Å². The van der Waals surface area contributed by atoms with Crippen LogP contribution in [0.25, 0.3) is 0 Å². The first-order chi connectivity index (χ1) is 10.7. The number of rotatable bonds is 5. The summed E-state index contributed by atoms with van der Waals surface area (Å²) < 4.78 is 5.72. The Morgan fingerprint density at radius 2 is 2.05 bits per heavy atom. The summed E-state index contributed by atoms with van der Waals surface area (Å²) in [5.74, 6) is 0.139. The molecule has 2 aliphatic heterocycles. The number of hydrogen-bond acceptors (Lipinski definition) is 4. The first-order valence-electron chi connectivity index (χ1n) is 8.04. The van der Waals surface area contributed by atoms with E-state index in [9.17, 15) is 9.90 Å². The second kappa shape index (κ2) is 6.67. The summed E-state index contributed by atoms with van der Waals surface area (Å²) in [5.41, 5.74) is 0.182. The molecule has 0 aliphatic carbocycles. The van der Waals surface area contributed by atoms with Crippen LogP contribution in [0, 0.1) is 5.41 Å². The second-order valence-corrected chi connectivity index (χ2v) is 6.44. The van der Waals surface area contributed by atoms with Crippen molar-refractivity contribution in [1.82, 2.24) is 10.2 Å². The minimum Gasteiger partial charge on any atom is -0.492 e. The molecule has 5 nitrogen and oxygen atoms in total. The molecule has 1 aromatic rings. The van der Waals surface area contributed by atoms with Gasteiger partial charge in [0.2, 0.25) is 0 Å². The maximum atomic E-state index is 11.6. The third-order valence-electron chi connectivity index (χ3n) is 4.95. The first kappa shape index (κ1) is 15.3. The average Bonchev–Trinajstić information content (AvgIpc) is 2.88. The molecule has 2 aliphatic rings. The molecule has 1 aromatic carbocycles. The predicted octanol–water partition coefficient (Wildman–Crippen LogP) is 1.59. The Morgan fingerprint density at radius 3 is 2.73 bits per heavy atom. The van der Waals surface area contributed by atoms with E-state index in [1.807, 2.05) is 30.3 Å². The zero-order chi connectivity index (χ0) is 15.4. The maximum absolute atomic E-state index is 11.6. The molecular weight excluding hydrogens is 280 g/mol. The van der Waals surface area contributed by atoms with Crippen molar-refractivity contribution in [2.45, 2.75) is 25.3 Å². The third-order valence-corrected chi connectivity index (χ3v) is 4.95. The molecule has 120 valence electrons. The third kappa shape index (κ3) is 3.42. The van der Waals surface area contributed by atoms with Crippen LogP contribution in [-0.4, -0.2) is 54.8 Å². The van der Waals surface area contributed by atoms with Gasteiger partial charge < -0.3 is 15.2 Å². The molecule has 2 fully saturated rings. The van der Waals surface area contributed by atoms with Gasteiger partial charge in [-0.2, -0.15) is 0 Å². The molecule has 5 heteroatoms. The number of aliphatic carboxylic acids is 1. The average molecular weight is 304 g/mol. The Bertz CT molecular complexity index is 500. The Hall–Kier alpha value is -1.59. The molecule has 2 N–H and O–H groups in total. The number of likely N-dealkylation sites (tertiary alicyclic amines) is 1. The Morgan fingerprint density at radius 1 is 1.32 bits per heavy atom. The second-order valence-electron chi connectivity index (χ2n) is 6.44. The van der Waals surface area contributed by atoms with Crippen LogP contribution < -0.4 is 10.1 Å². The van der Waals surface area contributed by atoms with Crippen LogP contribution in [0.15, 0.2) is 30.3 Å². The van der Waals surface area contributed by atoms with Crippen LogP contribution in [-0.2, 0) is 4.79 Å². The van der Waals surface area contributed by atoms with Crippen LogP contribution >= 0.6 is 0 Å². The number of carbonyl (C=O) groups is 1. The fourth-order valence-electron chi connectivity index (χ4n) is 3.74. The molecule has 22 heavy (non-hydrogen) atoms. The number of para-hydroxylation sites is 1. The number of nitrogens with zero attached hydrogens (tertiary/aromatic N) is 1. The van der Waals surface area contributed by atoms with E-state index in [0.29, 0.717) is 13.2 Å². The van der Waals surface area contributed by atoms with Crippen LogP contribution in [0.1, 0.15) is 19.3 Å². The molecule has 3 rings (SSSR count). The lowest BCUT2D eigenvalue weighted by atomic mass is 9.77. The molecule has 0 amide bonds. The zero-order valence-electron chi connectivity index (χ0n) is 12.8. The van der Waals surface area contributed by atoms with Crippen LogP contribution in [0.2, 0.25) is 0 Å². The van der Waals surface area contributed by atoms with Gasteiger partial charge in [-0.1, -0.05) is 18.2 Å². The van der Waals surface area contributed by atoms with E-state index >= 15 is 0 Å². The van der Waals surface area contributed by atoms with E-state index in [-0.39, 0.29) is 11.5 Å². The van der Waals surface area contributed by atoms with Crippen molar-refractivity contribution >= 4 is 5.97 Å². The molecule has 2 saturated heterocycles. The van der Waals surface area contributed by atoms with E-state index in [0.717, 1.165) is 44.6 Å². The summed E-state index contributed by atoms with van der Waals surface area (Å²) in [6, 6.07) is 9.32. The van der Waals surface area contributed by atoms with Crippen molar-refractivity contribution in [3.05, 3.63) is 30.3 Å². The topological polar surface area (TPSA) is 61.8 Å². The number of carboxylic acid groups (broad SMARTS) is 1. The molecule has 1 atom stereocenters. The van der Waals surface area contributed by atoms with Gasteiger partial charge in [-0.25, -0.2) is 0 Å². The number of benzene rings is 1. The highest BCUT2D eigenvalue weighted by Gasteiger charge is 2.46. The van der Waals surface area contributed by atoms with Crippen molar-refractivity contribution in [1.29, 1.82) is 0 Å². The van der Waals surface area contributed by atoms with Crippen molar-refractivity contribution in [2.24, 2.45) is 5.41 Å². The lowest BCUT2D eigenvalue weighted by Gasteiger charge is -2.33. The minimum atomic E-state index is -0.699. The summed E-state index contributed by atoms with van der Waals surface area (Å²) in [6.07, 6.45) is 2.93. The Balaban J connectivity index is 1.57. The fourth-order valence-corrected chi connectivity index (χ4v) is 3.74. The quantitative estimate of drug-likeness (QED) is 0.865. The minimum absolute atomic E-state index is 0.182. The number of hydrogen-bond donors (Lipinski definition) is 2. The first-order valence-corrected chi connectivity index (χ1v) is 8.04. The van der Waals surface area contributed by atoms with Gasteiger partial charge in [-0.05, 0) is 49.9 Å². The van der Waals surface area contributed by atoms with Gasteiger partial charge in [0.25, 0.3) is 0 Å². The molecule has 1 spiro atoms. The van der Waals surface area contributed by atoms with Gasteiger partial charge in [0, 0.05) is 13.1 Å². The van der Waals surface area contributed by atoms with E-state index in [4.69, 9.17) is 4.74 Å². The Labute approximate surface area is 131 Å². The summed E-state index contributed by atoms with van der Waals surface area (Å²) in [7, 11) is 0. The van der Waals surface area contributed by atoms with Crippen molar-refractivity contribution in [3.63, 3.8) is 0 Å². The fraction of sp³-hybridized carbons (Fsp3) is 0.588. The van der Waals surface area contributed by atoms with Gasteiger partial charge in [-0.3, -0.25) is 9.69 Å². The SMILES string of the molecule is O=C(O)[C@H]1CC2(CCNCC2)CN1CCOc1ccccc1. The monoisotopic (exact) mass is 304 g/mol. The number of carboxylic acids is 1. The molecular formula is C17H24N2O3. The molecule has 0 saturated carbocycles. The molecule has 0 aromatic heterocycles. The predicted molar refractivity (Wildman–Crippen MR) is 84.1 cm³/mol. The normalized spacial score (nSPS) is 24.5. The van der Waals surface area contributed by atoms with Crippen LogP contribution in [0.5, 0.6) is 5.75 Å². The highest BCUT2D eigenvalue weighted by atomic mass is 16.5. The van der Waals surface area contributed by atoms with Gasteiger partial charge in [0.15, 0.2) is 0 Å². The van der Waals surface area contributed by atoms with E-state index < -0.39 is 5.97 Å². The zero-order valence-corrected chi connectivity index (χ0v) is 12.8. The lowest BCUT2D eigenvalue weighted by Crippen LogP contribution is -2.40. The molecule has 2 heterocycles. The van der Waals surface area contributed by atoms with Crippen molar-refractivity contribution < 1.29 is 14.6 Å². The number of piperidine rings is 1. The van der Waals surface area contributed by atoms with E-state index in [2.05, 4.69) is 10.2 Å². The largest absolute Gasteiger partial charge is 0.492 e. The standard InChI is InChI=1S/C17H24N2O3/c20-16(21)15-12-17(6-8-18-9-7-17)13-19(15)10-11-22-14-4-2-1-3-5-14/h1-5,15,18H,6-13H2,(H,20,21)/t15-/m1/s1. The summed E-state index contributed by atoms with van der Waals surface area (Å²) in [4.78, 5) is 13.7. The highest BCUT2D eigenvalue weighted by Crippen LogP contribution is 2.41. The lowest BCUT2D eigenvalue weighted by molar-refractivity contribution is -0.142. The summed E-state index contributed by atoms with van der Waals surface area (Å²) >= 11 is 0. The van der Waals surface area contributed by atoms with Crippen molar-refractivity contribution in [2.75, 3.05) is 32.8 Å². The van der Waals surface area contributed by atoms with Crippen LogP contribution in [0.4, 0.5) is 0 Å².